The molecule has 0 spiro atoms. The third-order valence-electron chi connectivity index (χ3n) is 2.44. The Morgan fingerprint density at radius 1 is 1.41 bits per heavy atom. The molecule has 0 saturated carbocycles. The Labute approximate surface area is 107 Å². The minimum Gasteiger partial charge on any atom is -0.481 e. The fourth-order valence-corrected chi connectivity index (χ4v) is 2.17. The number of amides is 1. The molecule has 100 valence electrons. The van der Waals surface area contributed by atoms with Crippen molar-refractivity contribution in [1.29, 1.82) is 0 Å². The third kappa shape index (κ3) is 7.23. The Balaban J connectivity index is 4.29. The van der Waals surface area contributed by atoms with E-state index in [0.717, 1.165) is 19.3 Å². The number of carboxylic acids is 1. The second-order valence-corrected chi connectivity index (χ2v) is 4.93. The molecule has 0 radical (unpaired) electrons. The van der Waals surface area contributed by atoms with E-state index in [1.165, 1.54) is 11.8 Å². The highest BCUT2D eigenvalue weighted by Crippen LogP contribution is 2.12. The van der Waals surface area contributed by atoms with Crippen LogP contribution in [0.3, 0.4) is 0 Å². The summed E-state index contributed by atoms with van der Waals surface area (Å²) < 4.78 is 0. The van der Waals surface area contributed by atoms with E-state index in [1.807, 2.05) is 6.92 Å². The predicted molar refractivity (Wildman–Crippen MR) is 70.1 cm³/mol. The first kappa shape index (κ1) is 16.2. The predicted octanol–water partition coefficient (Wildman–Crippen LogP) is 0.826. The van der Waals surface area contributed by atoms with Crippen molar-refractivity contribution in [3.8, 4) is 0 Å². The highest BCUT2D eigenvalue weighted by Gasteiger charge is 2.22. The van der Waals surface area contributed by atoms with Crippen molar-refractivity contribution < 1.29 is 14.7 Å². The minimum atomic E-state index is -0.953. The van der Waals surface area contributed by atoms with Crippen LogP contribution in [-0.2, 0) is 9.59 Å². The number of carbonyl (C=O) groups excluding carboxylic acids is 1. The maximum absolute atomic E-state index is 11.8. The molecule has 0 rings (SSSR count). The number of aliphatic carboxylic acids is 1. The van der Waals surface area contributed by atoms with E-state index in [1.54, 1.807) is 6.26 Å². The summed E-state index contributed by atoms with van der Waals surface area (Å²) in [6.07, 6.45) is 4.16. The lowest BCUT2D eigenvalue weighted by molar-refractivity contribution is -0.138. The topological polar surface area (TPSA) is 92.4 Å². The molecule has 0 bridgehead atoms. The summed E-state index contributed by atoms with van der Waals surface area (Å²) in [5.41, 5.74) is 5.47. The van der Waals surface area contributed by atoms with Crippen LogP contribution in [-0.4, -0.2) is 41.1 Å². The normalized spacial score (nSPS) is 14.1. The van der Waals surface area contributed by atoms with Gasteiger partial charge in [-0.25, -0.2) is 0 Å². The third-order valence-corrected chi connectivity index (χ3v) is 3.39. The van der Waals surface area contributed by atoms with E-state index in [0.29, 0.717) is 6.54 Å². The van der Waals surface area contributed by atoms with E-state index in [9.17, 15) is 9.59 Å². The average molecular weight is 262 g/mol. The number of hydrogen-bond donors (Lipinski definition) is 3. The van der Waals surface area contributed by atoms with Gasteiger partial charge in [-0.3, -0.25) is 9.59 Å². The zero-order valence-corrected chi connectivity index (χ0v) is 11.3. The second-order valence-electron chi connectivity index (χ2n) is 3.89. The molecule has 1 amide bonds. The fraction of sp³-hybridized carbons (Fsp3) is 0.818. The summed E-state index contributed by atoms with van der Waals surface area (Å²) in [4.78, 5) is 22.4. The zero-order valence-electron chi connectivity index (χ0n) is 10.4. The number of nitrogens with two attached hydrogens (primary N) is 1. The summed E-state index contributed by atoms with van der Waals surface area (Å²) in [6, 6.07) is 0.0564. The van der Waals surface area contributed by atoms with E-state index < -0.39 is 11.2 Å². The highest BCUT2D eigenvalue weighted by molar-refractivity contribution is 7.99. The molecule has 2 atom stereocenters. The maximum atomic E-state index is 11.8. The molecule has 0 fully saturated rings. The van der Waals surface area contributed by atoms with Gasteiger partial charge in [-0.15, -0.1) is 0 Å². The molecular formula is C11H22N2O3S. The van der Waals surface area contributed by atoms with Crippen molar-refractivity contribution in [3.05, 3.63) is 0 Å². The number of hydrogen-bond acceptors (Lipinski definition) is 4. The van der Waals surface area contributed by atoms with Crippen LogP contribution in [0.2, 0.25) is 0 Å². The van der Waals surface area contributed by atoms with E-state index in [-0.39, 0.29) is 18.4 Å². The van der Waals surface area contributed by atoms with E-state index in [2.05, 4.69) is 5.32 Å². The molecular weight excluding hydrogens is 240 g/mol. The van der Waals surface area contributed by atoms with Crippen molar-refractivity contribution in [2.45, 2.75) is 43.9 Å². The van der Waals surface area contributed by atoms with Crippen molar-refractivity contribution >= 4 is 23.6 Å². The Bertz CT molecular complexity index is 243. The van der Waals surface area contributed by atoms with Crippen LogP contribution < -0.4 is 11.1 Å². The molecule has 0 heterocycles. The lowest BCUT2D eigenvalue weighted by atomic mass is 10.1. The minimum absolute atomic E-state index is 0.0564. The second kappa shape index (κ2) is 9.30. The van der Waals surface area contributed by atoms with Gasteiger partial charge in [0.15, 0.2) is 0 Å². The molecule has 6 heteroatoms. The number of carboxylic acid groups (broad SMARTS) is 1. The van der Waals surface area contributed by atoms with Gasteiger partial charge >= 0.3 is 5.97 Å². The van der Waals surface area contributed by atoms with Gasteiger partial charge in [0.25, 0.3) is 0 Å². The average Bonchev–Trinajstić information content (AvgIpc) is 2.26. The molecule has 0 aromatic rings. The molecule has 0 saturated heterocycles. The van der Waals surface area contributed by atoms with Crippen molar-refractivity contribution in [2.24, 2.45) is 5.73 Å². The molecule has 0 aliphatic carbocycles. The number of nitrogens with one attached hydrogen (secondary N) is 1. The Morgan fingerprint density at radius 3 is 2.47 bits per heavy atom. The van der Waals surface area contributed by atoms with Gasteiger partial charge in [0.05, 0.1) is 11.7 Å². The van der Waals surface area contributed by atoms with Crippen LogP contribution in [0.5, 0.6) is 0 Å². The Hall–Kier alpha value is -0.750. The Morgan fingerprint density at radius 2 is 2.06 bits per heavy atom. The smallest absolute Gasteiger partial charge is 0.305 e. The molecule has 0 aliphatic heterocycles. The number of thioether (sulfide) groups is 1. The van der Waals surface area contributed by atoms with E-state index >= 15 is 0 Å². The lowest BCUT2D eigenvalue weighted by Crippen LogP contribution is -2.41. The van der Waals surface area contributed by atoms with Crippen molar-refractivity contribution in [3.63, 3.8) is 0 Å². The van der Waals surface area contributed by atoms with Crippen LogP contribution in [0.15, 0.2) is 0 Å². The SMILES string of the molecule is CCCC(CCN)NC(=O)C(CC(=O)O)SC. The van der Waals surface area contributed by atoms with Crippen LogP contribution >= 0.6 is 11.8 Å². The summed E-state index contributed by atoms with van der Waals surface area (Å²) in [6.45, 7) is 2.56. The van der Waals surface area contributed by atoms with Gasteiger partial charge in [-0.05, 0) is 25.6 Å². The summed E-state index contributed by atoms with van der Waals surface area (Å²) in [5.74, 6) is -1.16. The van der Waals surface area contributed by atoms with E-state index in [4.69, 9.17) is 10.8 Å². The first-order valence-corrected chi connectivity index (χ1v) is 7.08. The van der Waals surface area contributed by atoms with Gasteiger partial charge in [-0.2, -0.15) is 11.8 Å². The fourth-order valence-electron chi connectivity index (χ4n) is 1.57. The van der Waals surface area contributed by atoms with Crippen LogP contribution in [0.4, 0.5) is 0 Å². The van der Waals surface area contributed by atoms with Crippen molar-refractivity contribution in [2.75, 3.05) is 12.8 Å². The van der Waals surface area contributed by atoms with Crippen molar-refractivity contribution in [1.82, 2.24) is 5.32 Å². The monoisotopic (exact) mass is 262 g/mol. The summed E-state index contributed by atoms with van der Waals surface area (Å²) in [5, 5.41) is 11.0. The molecule has 4 N–H and O–H groups in total. The molecule has 17 heavy (non-hydrogen) atoms. The van der Waals surface area contributed by atoms with Gasteiger partial charge in [0, 0.05) is 6.04 Å². The largest absolute Gasteiger partial charge is 0.481 e. The van der Waals surface area contributed by atoms with Crippen LogP contribution in [0.25, 0.3) is 0 Å². The summed E-state index contributed by atoms with van der Waals surface area (Å²) in [7, 11) is 0. The molecule has 0 aromatic heterocycles. The quantitative estimate of drug-likeness (QED) is 0.572. The molecule has 0 aliphatic rings. The summed E-state index contributed by atoms with van der Waals surface area (Å²) >= 11 is 1.26. The van der Waals surface area contributed by atoms with Crippen LogP contribution in [0.1, 0.15) is 32.6 Å². The standard InChI is InChI=1S/C11H22N2O3S/c1-3-4-8(5-6-12)13-11(16)9(17-2)7-10(14)15/h8-9H,3-7,12H2,1-2H3,(H,13,16)(H,14,15). The molecule has 2 unspecified atom stereocenters. The lowest BCUT2D eigenvalue weighted by Gasteiger charge is -2.20. The Kier molecular flexibility index (Phi) is 8.89. The first-order valence-electron chi connectivity index (χ1n) is 5.80. The van der Waals surface area contributed by atoms with Gasteiger partial charge in [0.1, 0.15) is 0 Å². The van der Waals surface area contributed by atoms with Gasteiger partial charge in [-0.1, -0.05) is 13.3 Å². The first-order chi connectivity index (χ1) is 8.04. The molecule has 5 nitrogen and oxygen atoms in total. The zero-order chi connectivity index (χ0) is 13.3. The maximum Gasteiger partial charge on any atom is 0.305 e. The van der Waals surface area contributed by atoms with Gasteiger partial charge in [0.2, 0.25) is 5.91 Å². The van der Waals surface area contributed by atoms with Crippen LogP contribution in [0, 0.1) is 0 Å². The van der Waals surface area contributed by atoms with Gasteiger partial charge < -0.3 is 16.2 Å². The number of carbonyl (C=O) groups is 2. The number of rotatable bonds is 9. The highest BCUT2D eigenvalue weighted by atomic mass is 32.2. The molecule has 0 aromatic carbocycles.